The van der Waals surface area contributed by atoms with E-state index in [4.69, 9.17) is 0 Å². The van der Waals surface area contributed by atoms with Crippen LogP contribution < -0.4 is 0 Å². The second-order valence-corrected chi connectivity index (χ2v) is 4.02. The summed E-state index contributed by atoms with van der Waals surface area (Å²) in [5, 5.41) is 0. The number of hydrogen-bond acceptors (Lipinski definition) is 2. The van der Waals surface area contributed by atoms with Crippen LogP contribution in [-0.2, 0) is 16.0 Å². The van der Waals surface area contributed by atoms with E-state index in [1.165, 1.54) is 17.0 Å². The summed E-state index contributed by atoms with van der Waals surface area (Å²) in [6.45, 7) is 0.384. The van der Waals surface area contributed by atoms with Crippen LogP contribution in [0.3, 0.4) is 0 Å². The number of halogens is 2. The van der Waals surface area contributed by atoms with Gasteiger partial charge in [-0.2, -0.15) is 0 Å². The molecule has 0 aromatic heterocycles. The molecular formula is C12H11F2NO2. The van der Waals surface area contributed by atoms with Gasteiger partial charge in [-0.1, -0.05) is 6.07 Å². The van der Waals surface area contributed by atoms with Gasteiger partial charge < -0.3 is 4.90 Å². The number of nitrogens with zero attached hydrogens (tertiary/aromatic N) is 1. The fourth-order valence-electron chi connectivity index (χ4n) is 1.82. The quantitative estimate of drug-likeness (QED) is 0.746. The van der Waals surface area contributed by atoms with E-state index in [-0.39, 0.29) is 37.6 Å². The molecule has 1 fully saturated rings. The van der Waals surface area contributed by atoms with Gasteiger partial charge in [-0.3, -0.25) is 9.59 Å². The summed E-state index contributed by atoms with van der Waals surface area (Å²) in [6, 6.07) is 3.34. The second kappa shape index (κ2) is 4.61. The highest BCUT2D eigenvalue weighted by atomic mass is 19.1. The van der Waals surface area contributed by atoms with Gasteiger partial charge >= 0.3 is 0 Å². The lowest BCUT2D eigenvalue weighted by atomic mass is 10.1. The number of Topliss-reactive ketones (excluding diaryl/α,β-unsaturated/α-hetero) is 1. The number of likely N-dealkylation sites (tertiary alicyclic amines) is 1. The van der Waals surface area contributed by atoms with E-state index in [1.807, 2.05) is 0 Å². The zero-order chi connectivity index (χ0) is 12.4. The number of carbonyl (C=O) groups excluding carboxylic acids is 2. The molecule has 1 aliphatic heterocycles. The van der Waals surface area contributed by atoms with Crippen LogP contribution in [0, 0.1) is 11.6 Å². The summed E-state index contributed by atoms with van der Waals surface area (Å²) in [5.74, 6) is -1.59. The van der Waals surface area contributed by atoms with Crippen LogP contribution >= 0.6 is 0 Å². The summed E-state index contributed by atoms with van der Waals surface area (Å²) < 4.78 is 25.9. The molecule has 1 amide bonds. The number of rotatable bonds is 3. The maximum absolute atomic E-state index is 13.3. The minimum atomic E-state index is -0.626. The highest BCUT2D eigenvalue weighted by molar-refractivity contribution is 6.05. The van der Waals surface area contributed by atoms with E-state index < -0.39 is 11.6 Å². The summed E-state index contributed by atoms with van der Waals surface area (Å²) >= 11 is 0. The Kier molecular flexibility index (Phi) is 3.17. The van der Waals surface area contributed by atoms with Gasteiger partial charge in [-0.15, -0.1) is 0 Å². The Morgan fingerprint density at radius 2 is 2.00 bits per heavy atom. The molecule has 0 spiro atoms. The van der Waals surface area contributed by atoms with Gasteiger partial charge in [-0.25, -0.2) is 8.78 Å². The van der Waals surface area contributed by atoms with E-state index in [0.29, 0.717) is 5.56 Å². The SMILES string of the molecule is O=C1CC(=O)N(CCc2ccc(F)cc2F)C1. The molecule has 1 heterocycles. The Balaban J connectivity index is 1.98. The van der Waals surface area contributed by atoms with Gasteiger partial charge in [-0.05, 0) is 18.1 Å². The predicted octanol–water partition coefficient (Wildman–Crippen LogP) is 1.31. The largest absolute Gasteiger partial charge is 0.335 e. The monoisotopic (exact) mass is 239 g/mol. The topological polar surface area (TPSA) is 37.4 Å². The van der Waals surface area contributed by atoms with Gasteiger partial charge in [0.2, 0.25) is 5.91 Å². The Hall–Kier alpha value is -1.78. The number of ketones is 1. The van der Waals surface area contributed by atoms with Crippen molar-refractivity contribution in [2.75, 3.05) is 13.1 Å². The van der Waals surface area contributed by atoms with Crippen molar-refractivity contribution in [3.05, 3.63) is 35.4 Å². The third-order valence-corrected chi connectivity index (χ3v) is 2.73. The number of hydrogen-bond donors (Lipinski definition) is 0. The van der Waals surface area contributed by atoms with Crippen molar-refractivity contribution in [3.8, 4) is 0 Å². The third-order valence-electron chi connectivity index (χ3n) is 2.73. The van der Waals surface area contributed by atoms with E-state index in [1.54, 1.807) is 0 Å². The summed E-state index contributed by atoms with van der Waals surface area (Å²) in [6.07, 6.45) is 0.219. The van der Waals surface area contributed by atoms with Gasteiger partial charge in [0.1, 0.15) is 11.6 Å². The van der Waals surface area contributed by atoms with E-state index in [2.05, 4.69) is 0 Å². The van der Waals surface area contributed by atoms with Crippen molar-refractivity contribution in [2.24, 2.45) is 0 Å². The Labute approximate surface area is 97.0 Å². The van der Waals surface area contributed by atoms with Crippen molar-refractivity contribution in [3.63, 3.8) is 0 Å². The first-order valence-corrected chi connectivity index (χ1v) is 5.29. The van der Waals surface area contributed by atoms with Crippen LogP contribution in [-0.4, -0.2) is 29.7 Å². The first kappa shape index (κ1) is 11.7. The molecule has 90 valence electrons. The van der Waals surface area contributed by atoms with Crippen molar-refractivity contribution in [1.82, 2.24) is 4.90 Å². The predicted molar refractivity (Wildman–Crippen MR) is 56.3 cm³/mol. The Bertz CT molecular complexity index is 474. The lowest BCUT2D eigenvalue weighted by Crippen LogP contribution is -2.27. The smallest absolute Gasteiger partial charge is 0.230 e. The van der Waals surface area contributed by atoms with Crippen LogP contribution in [0.4, 0.5) is 8.78 Å². The van der Waals surface area contributed by atoms with Gasteiger partial charge in [0, 0.05) is 12.6 Å². The molecule has 0 unspecified atom stereocenters. The van der Waals surface area contributed by atoms with Crippen LogP contribution in [0.1, 0.15) is 12.0 Å². The zero-order valence-electron chi connectivity index (χ0n) is 9.08. The highest BCUT2D eigenvalue weighted by Crippen LogP contribution is 2.12. The molecule has 0 radical (unpaired) electrons. The van der Waals surface area contributed by atoms with Gasteiger partial charge in [0.15, 0.2) is 5.78 Å². The van der Waals surface area contributed by atoms with Crippen molar-refractivity contribution in [2.45, 2.75) is 12.8 Å². The molecule has 3 nitrogen and oxygen atoms in total. The number of amides is 1. The molecule has 0 saturated carbocycles. The summed E-state index contributed by atoms with van der Waals surface area (Å²) in [5.41, 5.74) is 0.346. The Morgan fingerprint density at radius 3 is 2.59 bits per heavy atom. The molecule has 5 heteroatoms. The second-order valence-electron chi connectivity index (χ2n) is 4.02. The third kappa shape index (κ3) is 2.67. The average molecular weight is 239 g/mol. The lowest BCUT2D eigenvalue weighted by Gasteiger charge is -2.14. The molecule has 1 saturated heterocycles. The molecule has 0 atom stereocenters. The molecular weight excluding hydrogens is 228 g/mol. The fourth-order valence-corrected chi connectivity index (χ4v) is 1.82. The van der Waals surface area contributed by atoms with Crippen LogP contribution in [0.5, 0.6) is 0 Å². The normalized spacial score (nSPS) is 15.8. The van der Waals surface area contributed by atoms with E-state index in [9.17, 15) is 18.4 Å². The molecule has 0 aliphatic carbocycles. The minimum Gasteiger partial charge on any atom is -0.335 e. The zero-order valence-corrected chi connectivity index (χ0v) is 9.08. The molecule has 0 bridgehead atoms. The standard InChI is InChI=1S/C12H11F2NO2/c13-9-2-1-8(11(14)5-9)3-4-15-7-10(16)6-12(15)17/h1-2,5H,3-4,6-7H2. The Morgan fingerprint density at radius 1 is 1.24 bits per heavy atom. The summed E-state index contributed by atoms with van der Waals surface area (Å²) in [4.78, 5) is 23.7. The first-order valence-electron chi connectivity index (χ1n) is 5.29. The molecule has 0 N–H and O–H groups in total. The van der Waals surface area contributed by atoms with Crippen LogP contribution in [0.2, 0.25) is 0 Å². The van der Waals surface area contributed by atoms with Gasteiger partial charge in [0.05, 0.1) is 13.0 Å². The van der Waals surface area contributed by atoms with Crippen molar-refractivity contribution >= 4 is 11.7 Å². The van der Waals surface area contributed by atoms with E-state index in [0.717, 1.165) is 6.07 Å². The highest BCUT2D eigenvalue weighted by Gasteiger charge is 2.26. The molecule has 1 aliphatic rings. The molecule has 2 rings (SSSR count). The summed E-state index contributed by atoms with van der Waals surface area (Å²) in [7, 11) is 0. The lowest BCUT2D eigenvalue weighted by molar-refractivity contribution is -0.127. The fraction of sp³-hybridized carbons (Fsp3) is 0.333. The maximum atomic E-state index is 13.3. The first-order chi connectivity index (χ1) is 8.06. The average Bonchev–Trinajstić information content (AvgIpc) is 2.56. The molecule has 1 aromatic rings. The van der Waals surface area contributed by atoms with E-state index >= 15 is 0 Å². The number of carbonyl (C=O) groups is 2. The van der Waals surface area contributed by atoms with Crippen LogP contribution in [0.15, 0.2) is 18.2 Å². The minimum absolute atomic E-state index is 0.0636. The maximum Gasteiger partial charge on any atom is 0.230 e. The molecule has 17 heavy (non-hydrogen) atoms. The van der Waals surface area contributed by atoms with Crippen molar-refractivity contribution in [1.29, 1.82) is 0 Å². The van der Waals surface area contributed by atoms with Gasteiger partial charge in [0.25, 0.3) is 0 Å². The van der Waals surface area contributed by atoms with Crippen LogP contribution in [0.25, 0.3) is 0 Å². The van der Waals surface area contributed by atoms with Crippen molar-refractivity contribution < 1.29 is 18.4 Å². The number of benzene rings is 1. The molecule has 1 aromatic carbocycles.